The molecule has 0 aliphatic heterocycles. The molecule has 180 valence electrons. The van der Waals surface area contributed by atoms with Gasteiger partial charge in [0, 0.05) is 12.5 Å². The topological polar surface area (TPSA) is 105 Å². The number of rotatable bonds is 8. The summed E-state index contributed by atoms with van der Waals surface area (Å²) >= 11 is 0. The number of carbonyl (C=O) groups excluding carboxylic acids is 2. The minimum atomic E-state index is -1.18. The van der Waals surface area contributed by atoms with E-state index < -0.39 is 29.4 Å². The Hall–Kier alpha value is -4.13. The number of aliphatic carboxylic acids is 1. The molecule has 0 saturated carbocycles. The molecule has 7 nitrogen and oxygen atoms in total. The standard InChI is InChI=1S/C28H28N2O5/c1-28(2,26(33)30-24(25(31)32)18-10-4-3-5-11-18)17-29-27(34)35-16-23-21-14-8-6-12-19(21)20-13-7-9-15-22(20)23/h3-15,23-24H,16-17H2,1-2H3,(H,29,34)(H,30,33)(H,31,32)/t24-/m1/s1. The molecule has 7 heteroatoms. The van der Waals surface area contributed by atoms with E-state index in [1.165, 1.54) is 0 Å². The monoisotopic (exact) mass is 472 g/mol. The van der Waals surface area contributed by atoms with E-state index in [-0.39, 0.29) is 19.1 Å². The van der Waals surface area contributed by atoms with Crippen LogP contribution in [0.3, 0.4) is 0 Å². The van der Waals surface area contributed by atoms with Gasteiger partial charge in [-0.15, -0.1) is 0 Å². The largest absolute Gasteiger partial charge is 0.479 e. The van der Waals surface area contributed by atoms with E-state index in [0.717, 1.165) is 22.3 Å². The molecule has 0 fully saturated rings. The van der Waals surface area contributed by atoms with Gasteiger partial charge in [-0.3, -0.25) is 4.79 Å². The van der Waals surface area contributed by atoms with Crippen LogP contribution in [-0.2, 0) is 14.3 Å². The second-order valence-electron chi connectivity index (χ2n) is 9.22. The maximum Gasteiger partial charge on any atom is 0.407 e. The summed E-state index contributed by atoms with van der Waals surface area (Å²) < 4.78 is 5.53. The number of nitrogens with one attached hydrogen (secondary N) is 2. The molecule has 3 aromatic rings. The molecule has 0 heterocycles. The second kappa shape index (κ2) is 10.0. The van der Waals surface area contributed by atoms with Gasteiger partial charge in [-0.2, -0.15) is 0 Å². The molecule has 1 aliphatic rings. The van der Waals surface area contributed by atoms with Crippen LogP contribution in [0.25, 0.3) is 11.1 Å². The van der Waals surface area contributed by atoms with E-state index in [0.29, 0.717) is 5.56 Å². The highest BCUT2D eigenvalue weighted by Gasteiger charge is 2.33. The number of carboxylic acid groups (broad SMARTS) is 1. The molecule has 4 rings (SSSR count). The van der Waals surface area contributed by atoms with Gasteiger partial charge in [-0.25, -0.2) is 9.59 Å². The van der Waals surface area contributed by atoms with Crippen LogP contribution < -0.4 is 10.6 Å². The van der Waals surface area contributed by atoms with Gasteiger partial charge in [-0.05, 0) is 41.7 Å². The molecule has 0 aromatic heterocycles. The Balaban J connectivity index is 1.34. The third kappa shape index (κ3) is 5.19. The molecule has 3 aromatic carbocycles. The van der Waals surface area contributed by atoms with Gasteiger partial charge in [0.25, 0.3) is 0 Å². The van der Waals surface area contributed by atoms with E-state index in [9.17, 15) is 19.5 Å². The van der Waals surface area contributed by atoms with Crippen molar-refractivity contribution < 1.29 is 24.2 Å². The average molecular weight is 473 g/mol. The summed E-state index contributed by atoms with van der Waals surface area (Å²) in [5.41, 5.74) is 3.91. The van der Waals surface area contributed by atoms with E-state index in [2.05, 4.69) is 22.8 Å². The maximum absolute atomic E-state index is 12.8. The van der Waals surface area contributed by atoms with Gasteiger partial charge >= 0.3 is 12.1 Å². The zero-order valence-corrected chi connectivity index (χ0v) is 19.7. The zero-order chi connectivity index (χ0) is 25.0. The summed E-state index contributed by atoms with van der Waals surface area (Å²) in [7, 11) is 0. The third-order valence-corrected chi connectivity index (χ3v) is 6.29. The summed E-state index contributed by atoms with van der Waals surface area (Å²) in [5.74, 6) is -1.72. The number of ether oxygens (including phenoxy) is 1. The van der Waals surface area contributed by atoms with Crippen LogP contribution >= 0.6 is 0 Å². The molecule has 1 aliphatic carbocycles. The molecule has 0 radical (unpaired) electrons. The van der Waals surface area contributed by atoms with E-state index in [1.807, 2.05) is 36.4 Å². The second-order valence-corrected chi connectivity index (χ2v) is 9.22. The maximum atomic E-state index is 12.8. The Morgan fingerprint density at radius 1 is 0.886 bits per heavy atom. The zero-order valence-electron chi connectivity index (χ0n) is 19.7. The van der Waals surface area contributed by atoms with Crippen molar-refractivity contribution in [3.8, 4) is 11.1 Å². The lowest BCUT2D eigenvalue weighted by atomic mass is 9.91. The van der Waals surface area contributed by atoms with Crippen molar-refractivity contribution >= 4 is 18.0 Å². The van der Waals surface area contributed by atoms with Crippen LogP contribution in [0.1, 0.15) is 42.5 Å². The molecule has 0 unspecified atom stereocenters. The van der Waals surface area contributed by atoms with E-state index in [4.69, 9.17) is 4.74 Å². The highest BCUT2D eigenvalue weighted by Crippen LogP contribution is 2.44. The average Bonchev–Trinajstić information content (AvgIpc) is 3.18. The Bertz CT molecular complexity index is 1190. The normalized spacial score (nSPS) is 13.3. The predicted molar refractivity (Wildman–Crippen MR) is 132 cm³/mol. The van der Waals surface area contributed by atoms with Crippen LogP contribution in [0.15, 0.2) is 78.9 Å². The molecular formula is C28H28N2O5. The van der Waals surface area contributed by atoms with Crippen molar-refractivity contribution in [2.45, 2.75) is 25.8 Å². The van der Waals surface area contributed by atoms with E-state index in [1.54, 1.807) is 44.2 Å². The SMILES string of the molecule is CC(C)(CNC(=O)OCC1c2ccccc2-c2ccccc21)C(=O)N[C@@H](C(=O)O)c1ccccc1. The lowest BCUT2D eigenvalue weighted by Gasteiger charge is -2.26. The van der Waals surface area contributed by atoms with Crippen molar-refractivity contribution in [1.29, 1.82) is 0 Å². The van der Waals surface area contributed by atoms with Crippen molar-refractivity contribution in [2.75, 3.05) is 13.2 Å². The number of fused-ring (bicyclic) bond motifs is 3. The fourth-order valence-electron chi connectivity index (χ4n) is 4.28. The first kappa shape index (κ1) is 24.0. The number of carboxylic acids is 1. The number of hydrogen-bond donors (Lipinski definition) is 3. The number of benzene rings is 3. The fourth-order valence-corrected chi connectivity index (χ4v) is 4.28. The molecule has 2 amide bonds. The Kier molecular flexibility index (Phi) is 6.87. The lowest BCUT2D eigenvalue weighted by molar-refractivity contribution is -0.143. The first-order valence-corrected chi connectivity index (χ1v) is 11.5. The molecule has 0 spiro atoms. The highest BCUT2D eigenvalue weighted by atomic mass is 16.5. The first-order valence-electron chi connectivity index (χ1n) is 11.5. The summed E-state index contributed by atoms with van der Waals surface area (Å²) in [4.78, 5) is 37.0. The molecular weight excluding hydrogens is 444 g/mol. The van der Waals surface area contributed by atoms with Gasteiger partial charge in [0.2, 0.25) is 5.91 Å². The molecule has 0 saturated heterocycles. The molecule has 35 heavy (non-hydrogen) atoms. The molecule has 1 atom stereocenters. The van der Waals surface area contributed by atoms with Gasteiger partial charge in [0.15, 0.2) is 6.04 Å². The third-order valence-electron chi connectivity index (χ3n) is 6.29. The smallest absolute Gasteiger partial charge is 0.407 e. The molecule has 3 N–H and O–H groups in total. The van der Waals surface area contributed by atoms with Gasteiger partial charge in [0.1, 0.15) is 6.61 Å². The molecule has 0 bridgehead atoms. The van der Waals surface area contributed by atoms with Crippen molar-refractivity contribution in [3.63, 3.8) is 0 Å². The Morgan fingerprint density at radius 2 is 1.43 bits per heavy atom. The minimum Gasteiger partial charge on any atom is -0.479 e. The van der Waals surface area contributed by atoms with Gasteiger partial charge in [-0.1, -0.05) is 78.9 Å². The van der Waals surface area contributed by atoms with Crippen molar-refractivity contribution in [3.05, 3.63) is 95.6 Å². The van der Waals surface area contributed by atoms with Crippen molar-refractivity contribution in [1.82, 2.24) is 10.6 Å². The van der Waals surface area contributed by atoms with Crippen LogP contribution in [-0.4, -0.2) is 36.2 Å². The quantitative estimate of drug-likeness (QED) is 0.448. The summed E-state index contributed by atoms with van der Waals surface area (Å²) in [6, 6.07) is 23.4. The number of alkyl carbamates (subject to hydrolysis) is 1. The van der Waals surface area contributed by atoms with Crippen LogP contribution in [0.4, 0.5) is 4.79 Å². The predicted octanol–water partition coefficient (Wildman–Crippen LogP) is 4.49. The van der Waals surface area contributed by atoms with Crippen LogP contribution in [0.2, 0.25) is 0 Å². The number of carbonyl (C=O) groups is 3. The van der Waals surface area contributed by atoms with Gasteiger partial charge < -0.3 is 20.5 Å². The lowest BCUT2D eigenvalue weighted by Crippen LogP contribution is -2.47. The van der Waals surface area contributed by atoms with Crippen molar-refractivity contribution in [2.24, 2.45) is 5.41 Å². The summed E-state index contributed by atoms with van der Waals surface area (Å²) in [6.45, 7) is 3.42. The number of hydrogen-bond acceptors (Lipinski definition) is 4. The van der Waals surface area contributed by atoms with Gasteiger partial charge in [0.05, 0.1) is 5.41 Å². The van der Waals surface area contributed by atoms with E-state index >= 15 is 0 Å². The minimum absolute atomic E-state index is 0.0172. The number of amides is 2. The Labute approximate surface area is 204 Å². The van der Waals surface area contributed by atoms with Crippen LogP contribution in [0, 0.1) is 5.41 Å². The summed E-state index contributed by atoms with van der Waals surface area (Å²) in [5, 5.41) is 14.8. The first-order chi connectivity index (χ1) is 16.8. The van der Waals surface area contributed by atoms with Crippen LogP contribution in [0.5, 0.6) is 0 Å². The summed E-state index contributed by atoms with van der Waals surface area (Å²) in [6.07, 6.45) is -0.634. The highest BCUT2D eigenvalue weighted by molar-refractivity contribution is 5.88. The fraction of sp³-hybridized carbons (Fsp3) is 0.250. The Morgan fingerprint density at radius 3 is 2.00 bits per heavy atom.